The van der Waals surface area contributed by atoms with Crippen molar-refractivity contribution in [3.05, 3.63) is 34.3 Å². The van der Waals surface area contributed by atoms with Crippen LogP contribution in [0.4, 0.5) is 0 Å². The molecule has 1 fully saturated rings. The molecular weight excluding hydrogens is 360 g/mol. The van der Waals surface area contributed by atoms with Gasteiger partial charge < -0.3 is 5.73 Å². The summed E-state index contributed by atoms with van der Waals surface area (Å²) in [5.74, 6) is 1.55. The van der Waals surface area contributed by atoms with Gasteiger partial charge >= 0.3 is 0 Å². The van der Waals surface area contributed by atoms with Crippen LogP contribution in [0.5, 0.6) is 0 Å². The van der Waals surface area contributed by atoms with Crippen LogP contribution in [0.2, 0.25) is 0 Å². The molecule has 0 bridgehead atoms. The van der Waals surface area contributed by atoms with Gasteiger partial charge in [-0.1, -0.05) is 34.1 Å². The van der Waals surface area contributed by atoms with E-state index in [9.17, 15) is 8.42 Å². The lowest BCUT2D eigenvalue weighted by Gasteiger charge is -2.39. The fraction of sp³-hybridized carbons (Fsp3) is 0.538. The van der Waals surface area contributed by atoms with Crippen molar-refractivity contribution in [3.63, 3.8) is 0 Å². The second kappa shape index (κ2) is 6.79. The highest BCUT2D eigenvalue weighted by Crippen LogP contribution is 2.32. The van der Waals surface area contributed by atoms with Crippen molar-refractivity contribution < 1.29 is 8.42 Å². The SMILES string of the molecule is CS(=O)(=O)C1CSCCN1C(CN)c1ccccc1Br. The van der Waals surface area contributed by atoms with Crippen LogP contribution < -0.4 is 5.73 Å². The van der Waals surface area contributed by atoms with Crippen LogP contribution in [0.15, 0.2) is 28.7 Å². The van der Waals surface area contributed by atoms with Crippen LogP contribution in [0.1, 0.15) is 11.6 Å². The highest BCUT2D eigenvalue weighted by molar-refractivity contribution is 9.10. The van der Waals surface area contributed by atoms with Gasteiger partial charge in [0.1, 0.15) is 5.37 Å². The van der Waals surface area contributed by atoms with Gasteiger partial charge in [-0.25, -0.2) is 8.42 Å². The molecule has 0 radical (unpaired) electrons. The standard InChI is InChI=1S/C13H19BrN2O2S2/c1-20(17,18)13-9-19-7-6-16(13)12(8-15)10-4-2-3-5-11(10)14/h2-5,12-13H,6-9,15H2,1H3. The molecular formula is C13H19BrN2O2S2. The van der Waals surface area contributed by atoms with Crippen molar-refractivity contribution in [2.45, 2.75) is 11.4 Å². The number of hydrogen-bond acceptors (Lipinski definition) is 5. The number of nitrogens with zero attached hydrogens (tertiary/aromatic N) is 1. The lowest BCUT2D eigenvalue weighted by Crippen LogP contribution is -2.50. The van der Waals surface area contributed by atoms with Gasteiger partial charge in [0.05, 0.1) is 0 Å². The Hall–Kier alpha value is -0.0800. The second-order valence-electron chi connectivity index (χ2n) is 4.87. The number of hydrogen-bond donors (Lipinski definition) is 1. The Bertz CT molecular complexity index is 565. The molecule has 2 atom stereocenters. The number of halogens is 1. The molecule has 0 aromatic heterocycles. The topological polar surface area (TPSA) is 63.4 Å². The van der Waals surface area contributed by atoms with E-state index in [-0.39, 0.29) is 6.04 Å². The number of benzene rings is 1. The largest absolute Gasteiger partial charge is 0.329 e. The van der Waals surface area contributed by atoms with E-state index in [0.29, 0.717) is 12.3 Å². The Morgan fingerprint density at radius 3 is 2.80 bits per heavy atom. The Morgan fingerprint density at radius 2 is 2.20 bits per heavy atom. The molecule has 1 heterocycles. The maximum Gasteiger partial charge on any atom is 0.164 e. The summed E-state index contributed by atoms with van der Waals surface area (Å²) in [7, 11) is -3.12. The summed E-state index contributed by atoms with van der Waals surface area (Å²) >= 11 is 5.23. The lowest BCUT2D eigenvalue weighted by molar-refractivity contribution is 0.197. The first kappa shape index (κ1) is 16.3. The predicted octanol–water partition coefficient (Wildman–Crippen LogP) is 1.87. The fourth-order valence-electron chi connectivity index (χ4n) is 2.51. The van der Waals surface area contributed by atoms with Crippen molar-refractivity contribution in [2.24, 2.45) is 5.73 Å². The van der Waals surface area contributed by atoms with Gasteiger partial charge in [0.25, 0.3) is 0 Å². The number of nitrogens with two attached hydrogens (primary N) is 1. The molecule has 112 valence electrons. The average Bonchev–Trinajstić information content (AvgIpc) is 2.41. The van der Waals surface area contributed by atoms with Gasteiger partial charge in [-0.2, -0.15) is 11.8 Å². The first-order valence-electron chi connectivity index (χ1n) is 6.42. The van der Waals surface area contributed by atoms with Crippen molar-refractivity contribution >= 4 is 37.5 Å². The molecule has 1 saturated heterocycles. The van der Waals surface area contributed by atoms with Gasteiger partial charge in [0.15, 0.2) is 9.84 Å². The predicted molar refractivity (Wildman–Crippen MR) is 88.6 cm³/mol. The minimum absolute atomic E-state index is 0.0776. The van der Waals surface area contributed by atoms with E-state index in [2.05, 4.69) is 15.9 Å². The monoisotopic (exact) mass is 378 g/mol. The van der Waals surface area contributed by atoms with Gasteiger partial charge in [-0.05, 0) is 11.6 Å². The van der Waals surface area contributed by atoms with Gasteiger partial charge in [0.2, 0.25) is 0 Å². The summed E-state index contributed by atoms with van der Waals surface area (Å²) in [6.07, 6.45) is 1.31. The zero-order valence-corrected chi connectivity index (χ0v) is 14.5. The molecule has 2 N–H and O–H groups in total. The van der Waals surface area contributed by atoms with Gasteiger partial charge in [0, 0.05) is 41.4 Å². The Balaban J connectivity index is 2.37. The number of sulfone groups is 1. The van der Waals surface area contributed by atoms with Crippen LogP contribution in [0, 0.1) is 0 Å². The van der Waals surface area contributed by atoms with Crippen molar-refractivity contribution in [1.29, 1.82) is 0 Å². The van der Waals surface area contributed by atoms with E-state index in [0.717, 1.165) is 22.3 Å². The average molecular weight is 379 g/mol. The summed E-state index contributed by atoms with van der Waals surface area (Å²) in [5, 5.41) is -0.457. The van der Waals surface area contributed by atoms with E-state index in [1.165, 1.54) is 6.26 Å². The molecule has 2 unspecified atom stereocenters. The second-order valence-corrected chi connectivity index (χ2v) is 9.08. The normalized spacial score (nSPS) is 22.6. The molecule has 4 nitrogen and oxygen atoms in total. The summed E-state index contributed by atoms with van der Waals surface area (Å²) in [6.45, 7) is 1.14. The molecule has 1 aromatic rings. The molecule has 1 aliphatic rings. The molecule has 1 aliphatic heterocycles. The van der Waals surface area contributed by atoms with Crippen LogP contribution in [-0.2, 0) is 9.84 Å². The van der Waals surface area contributed by atoms with E-state index >= 15 is 0 Å². The number of rotatable bonds is 4. The smallest absolute Gasteiger partial charge is 0.164 e. The molecule has 7 heteroatoms. The quantitative estimate of drug-likeness (QED) is 0.866. The van der Waals surface area contributed by atoms with E-state index in [1.807, 2.05) is 29.2 Å². The van der Waals surface area contributed by atoms with Crippen LogP contribution in [-0.4, -0.2) is 49.5 Å². The minimum atomic E-state index is -3.12. The summed E-state index contributed by atoms with van der Waals surface area (Å²) < 4.78 is 25.0. The highest BCUT2D eigenvalue weighted by atomic mass is 79.9. The Morgan fingerprint density at radius 1 is 1.50 bits per heavy atom. The summed E-state index contributed by atoms with van der Waals surface area (Å²) in [6, 6.07) is 7.79. The zero-order valence-electron chi connectivity index (χ0n) is 11.3. The molecule has 20 heavy (non-hydrogen) atoms. The third kappa shape index (κ3) is 3.57. The molecule has 1 aromatic carbocycles. The maximum absolute atomic E-state index is 12.0. The molecule has 2 rings (SSSR count). The summed E-state index contributed by atoms with van der Waals surface area (Å²) in [4.78, 5) is 2.03. The van der Waals surface area contributed by atoms with E-state index in [4.69, 9.17) is 5.73 Å². The van der Waals surface area contributed by atoms with Crippen molar-refractivity contribution in [1.82, 2.24) is 4.90 Å². The zero-order chi connectivity index (χ0) is 14.8. The van der Waals surface area contributed by atoms with Gasteiger partial charge in [-0.15, -0.1) is 0 Å². The number of thioether (sulfide) groups is 1. The third-order valence-corrected chi connectivity index (χ3v) is 6.89. The van der Waals surface area contributed by atoms with Crippen molar-refractivity contribution in [3.8, 4) is 0 Å². The fourth-order valence-corrected chi connectivity index (χ4v) is 5.98. The molecule has 0 aliphatic carbocycles. The third-order valence-electron chi connectivity index (χ3n) is 3.51. The minimum Gasteiger partial charge on any atom is -0.329 e. The molecule has 0 amide bonds. The van der Waals surface area contributed by atoms with Crippen LogP contribution >= 0.6 is 27.7 Å². The van der Waals surface area contributed by atoms with E-state index < -0.39 is 15.2 Å². The highest BCUT2D eigenvalue weighted by Gasteiger charge is 2.36. The van der Waals surface area contributed by atoms with Crippen LogP contribution in [0.25, 0.3) is 0 Å². The first-order chi connectivity index (χ1) is 9.45. The first-order valence-corrected chi connectivity index (χ1v) is 10.3. The summed E-state index contributed by atoms with van der Waals surface area (Å²) in [5.41, 5.74) is 7.00. The van der Waals surface area contributed by atoms with Crippen LogP contribution in [0.3, 0.4) is 0 Å². The Labute approximate surface area is 133 Å². The molecule has 0 saturated carbocycles. The van der Waals surface area contributed by atoms with Crippen molar-refractivity contribution in [2.75, 3.05) is 30.9 Å². The van der Waals surface area contributed by atoms with Gasteiger partial charge in [-0.3, -0.25) is 4.90 Å². The maximum atomic E-state index is 12.0. The van der Waals surface area contributed by atoms with E-state index in [1.54, 1.807) is 11.8 Å². The lowest BCUT2D eigenvalue weighted by atomic mass is 10.1. The Kier molecular flexibility index (Phi) is 5.53. The molecule has 0 spiro atoms.